The Labute approximate surface area is 137 Å². The van der Waals surface area contributed by atoms with Gasteiger partial charge in [0.15, 0.2) is 0 Å². The highest BCUT2D eigenvalue weighted by Crippen LogP contribution is 2.13. The van der Waals surface area contributed by atoms with Crippen LogP contribution >= 0.6 is 0 Å². The van der Waals surface area contributed by atoms with Crippen molar-refractivity contribution < 1.29 is 18.4 Å². The van der Waals surface area contributed by atoms with Gasteiger partial charge in [0.25, 0.3) is 0 Å². The van der Waals surface area contributed by atoms with E-state index in [1.807, 2.05) is 6.07 Å². The van der Waals surface area contributed by atoms with Crippen LogP contribution in [0.5, 0.6) is 0 Å². The fraction of sp³-hybridized carbons (Fsp3) is 0.176. The molecule has 3 aromatic rings. The Morgan fingerprint density at radius 2 is 2.12 bits per heavy atom. The van der Waals surface area contributed by atoms with E-state index in [-0.39, 0.29) is 25.3 Å². The minimum atomic E-state index is -0.420. The minimum absolute atomic E-state index is 0.0274. The van der Waals surface area contributed by atoms with E-state index < -0.39 is 5.97 Å². The molecule has 122 valence electrons. The van der Waals surface area contributed by atoms with Crippen LogP contribution in [0.4, 0.5) is 4.39 Å². The Kier molecular flexibility index (Phi) is 4.90. The molecule has 7 heteroatoms. The first-order chi connectivity index (χ1) is 11.7. The normalized spacial score (nSPS) is 10.5. The van der Waals surface area contributed by atoms with Crippen LogP contribution in [0, 0.1) is 5.82 Å². The SMILES string of the molecule is O=C(CCc1nc(-c2ccccn2)no1)OCc1cccc(F)c1. The van der Waals surface area contributed by atoms with Gasteiger partial charge in [0, 0.05) is 12.6 Å². The summed E-state index contributed by atoms with van der Waals surface area (Å²) >= 11 is 0. The lowest BCUT2D eigenvalue weighted by Gasteiger charge is -2.04. The molecule has 0 amide bonds. The van der Waals surface area contributed by atoms with Crippen molar-refractivity contribution in [3.63, 3.8) is 0 Å². The summed E-state index contributed by atoms with van der Waals surface area (Å²) in [5, 5.41) is 3.83. The van der Waals surface area contributed by atoms with Crippen molar-refractivity contribution >= 4 is 5.97 Å². The van der Waals surface area contributed by atoms with Gasteiger partial charge < -0.3 is 9.26 Å². The molecular weight excluding hydrogens is 313 g/mol. The van der Waals surface area contributed by atoms with Gasteiger partial charge in [-0.2, -0.15) is 4.98 Å². The van der Waals surface area contributed by atoms with Gasteiger partial charge in [-0.05, 0) is 29.8 Å². The zero-order valence-electron chi connectivity index (χ0n) is 12.7. The number of rotatable bonds is 6. The first-order valence-corrected chi connectivity index (χ1v) is 7.35. The van der Waals surface area contributed by atoms with E-state index in [1.165, 1.54) is 12.1 Å². The lowest BCUT2D eigenvalue weighted by Crippen LogP contribution is -2.06. The van der Waals surface area contributed by atoms with Crippen LogP contribution in [-0.4, -0.2) is 21.1 Å². The maximum Gasteiger partial charge on any atom is 0.306 e. The molecule has 2 aromatic heterocycles. The Morgan fingerprint density at radius 1 is 1.21 bits per heavy atom. The summed E-state index contributed by atoms with van der Waals surface area (Å²) in [5.74, 6) is -0.0783. The van der Waals surface area contributed by atoms with Crippen molar-refractivity contribution in [1.29, 1.82) is 0 Å². The summed E-state index contributed by atoms with van der Waals surface area (Å²) in [6.45, 7) is 0.0274. The van der Waals surface area contributed by atoms with E-state index in [0.29, 0.717) is 23.0 Å². The number of carbonyl (C=O) groups is 1. The highest BCUT2D eigenvalue weighted by molar-refractivity contribution is 5.69. The van der Waals surface area contributed by atoms with Gasteiger partial charge in [-0.1, -0.05) is 23.4 Å². The number of esters is 1. The smallest absolute Gasteiger partial charge is 0.306 e. The first kappa shape index (κ1) is 15.8. The predicted molar refractivity (Wildman–Crippen MR) is 82.0 cm³/mol. The quantitative estimate of drug-likeness (QED) is 0.648. The number of pyridine rings is 1. The van der Waals surface area contributed by atoms with Crippen molar-refractivity contribution in [3.8, 4) is 11.5 Å². The van der Waals surface area contributed by atoms with Crippen molar-refractivity contribution in [2.75, 3.05) is 0 Å². The fourth-order valence-corrected chi connectivity index (χ4v) is 2.03. The second-order valence-electron chi connectivity index (χ2n) is 5.02. The number of aromatic nitrogens is 3. The van der Waals surface area contributed by atoms with Crippen LogP contribution in [0.3, 0.4) is 0 Å². The van der Waals surface area contributed by atoms with Crippen LogP contribution in [-0.2, 0) is 22.6 Å². The lowest BCUT2D eigenvalue weighted by atomic mass is 10.2. The largest absolute Gasteiger partial charge is 0.461 e. The second kappa shape index (κ2) is 7.45. The Bertz CT molecular complexity index is 821. The Balaban J connectivity index is 1.49. The molecule has 0 saturated carbocycles. The molecule has 0 aliphatic rings. The third-order valence-electron chi connectivity index (χ3n) is 3.19. The molecule has 0 fully saturated rings. The van der Waals surface area contributed by atoms with Crippen molar-refractivity contribution in [2.45, 2.75) is 19.4 Å². The number of benzene rings is 1. The molecule has 24 heavy (non-hydrogen) atoms. The van der Waals surface area contributed by atoms with Gasteiger partial charge in [-0.15, -0.1) is 0 Å². The van der Waals surface area contributed by atoms with Gasteiger partial charge >= 0.3 is 5.97 Å². The topological polar surface area (TPSA) is 78.1 Å². The van der Waals surface area contributed by atoms with Crippen LogP contribution in [0.15, 0.2) is 53.2 Å². The molecule has 1 aromatic carbocycles. The third kappa shape index (κ3) is 4.22. The minimum Gasteiger partial charge on any atom is -0.461 e. The molecule has 0 unspecified atom stereocenters. The molecule has 0 saturated heterocycles. The van der Waals surface area contributed by atoms with E-state index in [4.69, 9.17) is 9.26 Å². The Morgan fingerprint density at radius 3 is 2.92 bits per heavy atom. The summed E-state index contributed by atoms with van der Waals surface area (Å²) in [7, 11) is 0. The van der Waals surface area contributed by atoms with Crippen LogP contribution < -0.4 is 0 Å². The highest BCUT2D eigenvalue weighted by Gasteiger charge is 2.12. The van der Waals surface area contributed by atoms with Crippen molar-refractivity contribution in [3.05, 3.63) is 65.9 Å². The number of halogens is 1. The van der Waals surface area contributed by atoms with Gasteiger partial charge in [0.1, 0.15) is 18.1 Å². The molecule has 3 rings (SSSR count). The van der Waals surface area contributed by atoms with Crippen molar-refractivity contribution in [1.82, 2.24) is 15.1 Å². The number of ether oxygens (including phenoxy) is 1. The average Bonchev–Trinajstić information content (AvgIpc) is 3.08. The monoisotopic (exact) mass is 327 g/mol. The van der Waals surface area contributed by atoms with Crippen molar-refractivity contribution in [2.24, 2.45) is 0 Å². The van der Waals surface area contributed by atoms with Crippen LogP contribution in [0.1, 0.15) is 17.9 Å². The number of nitrogens with zero attached hydrogens (tertiary/aromatic N) is 3. The molecule has 0 N–H and O–H groups in total. The number of hydrogen-bond donors (Lipinski definition) is 0. The van der Waals surface area contributed by atoms with Gasteiger partial charge in [-0.3, -0.25) is 9.78 Å². The maximum atomic E-state index is 13.0. The molecule has 2 heterocycles. The molecule has 0 aliphatic heterocycles. The molecule has 0 spiro atoms. The molecule has 0 bridgehead atoms. The van der Waals surface area contributed by atoms with E-state index in [2.05, 4.69) is 15.1 Å². The first-order valence-electron chi connectivity index (χ1n) is 7.35. The van der Waals surface area contributed by atoms with E-state index >= 15 is 0 Å². The summed E-state index contributed by atoms with van der Waals surface area (Å²) < 4.78 is 23.2. The van der Waals surface area contributed by atoms with Crippen LogP contribution in [0.25, 0.3) is 11.5 Å². The van der Waals surface area contributed by atoms with E-state index in [0.717, 1.165) is 0 Å². The molecule has 0 atom stereocenters. The fourth-order valence-electron chi connectivity index (χ4n) is 2.03. The second-order valence-corrected chi connectivity index (χ2v) is 5.02. The van der Waals surface area contributed by atoms with Crippen LogP contribution in [0.2, 0.25) is 0 Å². The highest BCUT2D eigenvalue weighted by atomic mass is 19.1. The van der Waals surface area contributed by atoms with Gasteiger partial charge in [-0.25, -0.2) is 4.39 Å². The number of carbonyl (C=O) groups excluding carboxylic acids is 1. The standard InChI is InChI=1S/C17H14FN3O3/c18-13-5-3-4-12(10-13)11-23-16(22)8-7-15-20-17(21-24-15)14-6-1-2-9-19-14/h1-6,9-10H,7-8,11H2. The lowest BCUT2D eigenvalue weighted by molar-refractivity contribution is -0.145. The summed E-state index contributed by atoms with van der Waals surface area (Å²) in [6, 6.07) is 11.3. The summed E-state index contributed by atoms with van der Waals surface area (Å²) in [4.78, 5) is 20.0. The van der Waals surface area contributed by atoms with E-state index in [9.17, 15) is 9.18 Å². The predicted octanol–water partition coefficient (Wildman–Crippen LogP) is 2.95. The Hall–Kier alpha value is -3.09. The van der Waals surface area contributed by atoms with E-state index in [1.54, 1.807) is 30.5 Å². The number of aryl methyl sites for hydroxylation is 1. The molecular formula is C17H14FN3O3. The molecule has 0 radical (unpaired) electrons. The summed E-state index contributed by atoms with van der Waals surface area (Å²) in [6.07, 6.45) is 2.00. The maximum absolute atomic E-state index is 13.0. The van der Waals surface area contributed by atoms with Gasteiger partial charge in [0.2, 0.25) is 11.7 Å². The molecule has 0 aliphatic carbocycles. The zero-order chi connectivity index (χ0) is 16.8. The summed E-state index contributed by atoms with van der Waals surface area (Å²) in [5.41, 5.74) is 1.19. The van der Waals surface area contributed by atoms with Gasteiger partial charge in [0.05, 0.1) is 6.42 Å². The number of hydrogen-bond acceptors (Lipinski definition) is 6. The third-order valence-corrected chi connectivity index (χ3v) is 3.19. The zero-order valence-corrected chi connectivity index (χ0v) is 12.7. The molecule has 6 nitrogen and oxygen atoms in total. The average molecular weight is 327 g/mol.